The maximum absolute atomic E-state index is 14.7. The molecule has 1 unspecified atom stereocenters. The van der Waals surface area contributed by atoms with E-state index in [0.717, 1.165) is 24.1 Å². The quantitative estimate of drug-likeness (QED) is 0.829. The van der Waals surface area contributed by atoms with E-state index in [0.29, 0.717) is 48.8 Å². The van der Waals surface area contributed by atoms with Crippen molar-refractivity contribution >= 4 is 5.95 Å². The lowest BCUT2D eigenvalue weighted by Gasteiger charge is -2.48. The van der Waals surface area contributed by atoms with Gasteiger partial charge in [-0.1, -0.05) is 30.7 Å². The van der Waals surface area contributed by atoms with Gasteiger partial charge in [0.1, 0.15) is 5.69 Å². The van der Waals surface area contributed by atoms with Gasteiger partial charge in [0.2, 0.25) is 5.95 Å². The van der Waals surface area contributed by atoms with E-state index in [2.05, 4.69) is 9.88 Å². The number of anilines is 1. The first-order chi connectivity index (χ1) is 14.4. The number of nitrogens with two attached hydrogens (primary N) is 1. The maximum atomic E-state index is 14.7. The standard InChI is InChI=1S/C23H26F2N4O/c24-23(25)10-8-17-19(15-4-6-16(7-5-15)22(26)12-30-13-22)27-21(28-20(17)23)29-11-9-18(29)14-2-1-3-14/h4-7,14,18H,1-3,8-13,26H2. The summed E-state index contributed by atoms with van der Waals surface area (Å²) in [6.07, 6.45) is 4.93. The number of nitrogens with zero attached hydrogens (tertiary/aromatic N) is 3. The van der Waals surface area contributed by atoms with Gasteiger partial charge in [0.25, 0.3) is 5.92 Å². The lowest BCUT2D eigenvalue weighted by molar-refractivity contribution is -0.0569. The number of hydrogen-bond donors (Lipinski definition) is 1. The van der Waals surface area contributed by atoms with E-state index in [1.807, 2.05) is 24.3 Å². The van der Waals surface area contributed by atoms with Crippen LogP contribution in [0.15, 0.2) is 24.3 Å². The van der Waals surface area contributed by atoms with Gasteiger partial charge in [0, 0.05) is 30.1 Å². The van der Waals surface area contributed by atoms with Crippen LogP contribution in [0.25, 0.3) is 11.3 Å². The van der Waals surface area contributed by atoms with Gasteiger partial charge in [-0.2, -0.15) is 8.78 Å². The van der Waals surface area contributed by atoms with Crippen molar-refractivity contribution in [2.24, 2.45) is 11.7 Å². The summed E-state index contributed by atoms with van der Waals surface area (Å²) in [5, 5.41) is 0. The van der Waals surface area contributed by atoms with Crippen LogP contribution in [0.4, 0.5) is 14.7 Å². The van der Waals surface area contributed by atoms with E-state index in [9.17, 15) is 8.78 Å². The van der Waals surface area contributed by atoms with E-state index >= 15 is 0 Å². The zero-order valence-electron chi connectivity index (χ0n) is 16.9. The average Bonchev–Trinajstić information content (AvgIpc) is 2.96. The first-order valence-corrected chi connectivity index (χ1v) is 11.0. The summed E-state index contributed by atoms with van der Waals surface area (Å²) < 4.78 is 34.6. The number of benzene rings is 1. The minimum atomic E-state index is -2.89. The van der Waals surface area contributed by atoms with Crippen molar-refractivity contribution in [2.75, 3.05) is 24.7 Å². The third-order valence-corrected chi connectivity index (χ3v) is 7.50. The highest BCUT2D eigenvalue weighted by atomic mass is 19.3. The zero-order valence-corrected chi connectivity index (χ0v) is 16.9. The fourth-order valence-electron chi connectivity index (χ4n) is 5.20. The lowest BCUT2D eigenvalue weighted by Crippen LogP contribution is -2.54. The molecule has 5 nitrogen and oxygen atoms in total. The summed E-state index contributed by atoms with van der Waals surface area (Å²) in [4.78, 5) is 11.4. The molecule has 0 spiro atoms. The minimum absolute atomic E-state index is 0.0754. The van der Waals surface area contributed by atoms with Crippen molar-refractivity contribution in [3.05, 3.63) is 41.1 Å². The summed E-state index contributed by atoms with van der Waals surface area (Å²) in [6.45, 7) is 1.85. The van der Waals surface area contributed by atoms with Crippen LogP contribution in [0.5, 0.6) is 0 Å². The molecule has 1 saturated carbocycles. The van der Waals surface area contributed by atoms with Gasteiger partial charge >= 0.3 is 0 Å². The third-order valence-electron chi connectivity index (χ3n) is 7.50. The molecule has 30 heavy (non-hydrogen) atoms. The largest absolute Gasteiger partial charge is 0.377 e. The van der Waals surface area contributed by atoms with Gasteiger partial charge in [-0.3, -0.25) is 0 Å². The summed E-state index contributed by atoms with van der Waals surface area (Å²) >= 11 is 0. The number of ether oxygens (including phenoxy) is 1. The average molecular weight is 412 g/mol. The SMILES string of the molecule is NC1(c2ccc(-c3nc(N4CCC4C4CCC4)nc4c3CCC4(F)F)cc2)COC1. The lowest BCUT2D eigenvalue weighted by atomic mass is 9.75. The fraction of sp³-hybridized carbons (Fsp3) is 0.565. The Kier molecular flexibility index (Phi) is 4.00. The van der Waals surface area contributed by atoms with E-state index in [4.69, 9.17) is 15.5 Å². The number of rotatable bonds is 4. The molecule has 1 aromatic carbocycles. The summed E-state index contributed by atoms with van der Waals surface area (Å²) in [5.41, 5.74) is 8.90. The van der Waals surface area contributed by atoms with Crippen LogP contribution in [0.3, 0.4) is 0 Å². The molecule has 2 aliphatic heterocycles. The van der Waals surface area contributed by atoms with Crippen LogP contribution in [-0.4, -0.2) is 35.8 Å². The number of hydrogen-bond acceptors (Lipinski definition) is 5. The van der Waals surface area contributed by atoms with Crippen LogP contribution >= 0.6 is 0 Å². The molecule has 2 N–H and O–H groups in total. The normalized spacial score (nSPS) is 26.5. The molecule has 4 aliphatic rings. The second kappa shape index (κ2) is 6.44. The van der Waals surface area contributed by atoms with Crippen molar-refractivity contribution in [1.82, 2.24) is 9.97 Å². The number of halogens is 2. The molecular formula is C23H26F2N4O. The van der Waals surface area contributed by atoms with Gasteiger partial charge in [0.05, 0.1) is 24.4 Å². The molecule has 2 saturated heterocycles. The van der Waals surface area contributed by atoms with Crippen molar-refractivity contribution in [2.45, 2.75) is 56.0 Å². The minimum Gasteiger partial charge on any atom is -0.377 e. The highest BCUT2D eigenvalue weighted by Crippen LogP contribution is 2.46. The van der Waals surface area contributed by atoms with E-state index in [1.54, 1.807) is 0 Å². The number of fused-ring (bicyclic) bond motifs is 1. The molecule has 2 aromatic rings. The van der Waals surface area contributed by atoms with Gasteiger partial charge < -0.3 is 15.4 Å². The predicted molar refractivity (Wildman–Crippen MR) is 109 cm³/mol. The van der Waals surface area contributed by atoms with Gasteiger partial charge in [-0.25, -0.2) is 9.97 Å². The Balaban J connectivity index is 1.40. The predicted octanol–water partition coefficient (Wildman–Crippen LogP) is 3.74. The smallest absolute Gasteiger partial charge is 0.290 e. The van der Waals surface area contributed by atoms with E-state index in [1.165, 1.54) is 19.3 Å². The second-order valence-corrected chi connectivity index (χ2v) is 9.37. The van der Waals surface area contributed by atoms with Gasteiger partial charge in [-0.05, 0) is 37.2 Å². The van der Waals surface area contributed by atoms with Crippen molar-refractivity contribution < 1.29 is 13.5 Å². The summed E-state index contributed by atoms with van der Waals surface area (Å²) in [6, 6.07) is 8.24. The van der Waals surface area contributed by atoms with E-state index in [-0.39, 0.29) is 12.1 Å². The van der Waals surface area contributed by atoms with Crippen LogP contribution in [0.2, 0.25) is 0 Å². The first kappa shape index (κ1) is 18.6. The van der Waals surface area contributed by atoms with Crippen molar-refractivity contribution in [1.29, 1.82) is 0 Å². The fourth-order valence-corrected chi connectivity index (χ4v) is 5.20. The zero-order chi connectivity index (χ0) is 20.5. The molecule has 158 valence electrons. The summed E-state index contributed by atoms with van der Waals surface area (Å²) in [7, 11) is 0. The number of alkyl halides is 2. The van der Waals surface area contributed by atoms with Crippen molar-refractivity contribution in [3.63, 3.8) is 0 Å². The molecule has 0 amide bonds. The highest BCUT2D eigenvalue weighted by Gasteiger charge is 2.45. The second-order valence-electron chi connectivity index (χ2n) is 9.37. The Morgan fingerprint density at radius 3 is 2.40 bits per heavy atom. The highest BCUT2D eigenvalue weighted by molar-refractivity contribution is 5.68. The number of aromatic nitrogens is 2. The Bertz CT molecular complexity index is 985. The monoisotopic (exact) mass is 412 g/mol. The molecule has 6 rings (SSSR count). The Morgan fingerprint density at radius 1 is 1.07 bits per heavy atom. The molecule has 3 fully saturated rings. The molecule has 0 radical (unpaired) electrons. The summed E-state index contributed by atoms with van der Waals surface area (Å²) in [5.74, 6) is -1.76. The van der Waals surface area contributed by atoms with Crippen LogP contribution in [0, 0.1) is 5.92 Å². The van der Waals surface area contributed by atoms with Crippen LogP contribution in [-0.2, 0) is 22.6 Å². The molecule has 3 heterocycles. The molecule has 1 atom stereocenters. The van der Waals surface area contributed by atoms with Gasteiger partial charge in [-0.15, -0.1) is 0 Å². The van der Waals surface area contributed by atoms with Crippen LogP contribution < -0.4 is 10.6 Å². The molecule has 2 aliphatic carbocycles. The van der Waals surface area contributed by atoms with Gasteiger partial charge in [0.15, 0.2) is 0 Å². The van der Waals surface area contributed by atoms with Crippen molar-refractivity contribution in [3.8, 4) is 11.3 Å². The van der Waals surface area contributed by atoms with E-state index < -0.39 is 11.5 Å². The van der Waals surface area contributed by atoms with Crippen LogP contribution in [0.1, 0.15) is 48.9 Å². The third kappa shape index (κ3) is 2.71. The molecular weight excluding hydrogens is 386 g/mol. The Labute approximate surface area is 174 Å². The molecule has 1 aromatic heterocycles. The topological polar surface area (TPSA) is 64.3 Å². The maximum Gasteiger partial charge on any atom is 0.290 e. The Morgan fingerprint density at radius 2 is 1.83 bits per heavy atom. The molecule has 7 heteroatoms. The first-order valence-electron chi connectivity index (χ1n) is 11.0. The Hall–Kier alpha value is -2.12. The molecule has 0 bridgehead atoms.